The molecule has 1 saturated heterocycles. The molecule has 0 unspecified atom stereocenters. The fraction of sp³-hybridized carbons (Fsp3) is 0.259. The third-order valence-electron chi connectivity index (χ3n) is 5.95. The van der Waals surface area contributed by atoms with Crippen LogP contribution in [0.3, 0.4) is 0 Å². The molecule has 0 spiro atoms. The Morgan fingerprint density at radius 1 is 0.875 bits per heavy atom. The zero-order chi connectivity index (χ0) is 22.7. The first-order valence-corrected chi connectivity index (χ1v) is 11.0. The highest BCUT2D eigenvalue weighted by atomic mass is 16.3. The van der Waals surface area contributed by atoms with Crippen molar-refractivity contribution in [1.82, 2.24) is 4.90 Å². The summed E-state index contributed by atoms with van der Waals surface area (Å²) in [4.78, 5) is 25.1. The lowest BCUT2D eigenvalue weighted by Crippen LogP contribution is -2.29. The minimum atomic E-state index is -0.0731. The number of imide groups is 1. The minimum Gasteiger partial charge on any atom is -0.508 e. The summed E-state index contributed by atoms with van der Waals surface area (Å²) in [6, 6.07) is 14.2. The first-order chi connectivity index (χ1) is 15.4. The normalized spacial score (nSPS) is 16.7. The van der Waals surface area contributed by atoms with Crippen molar-refractivity contribution in [3.63, 3.8) is 0 Å². The van der Waals surface area contributed by atoms with Gasteiger partial charge in [-0.3, -0.25) is 14.5 Å². The molecule has 1 aliphatic carbocycles. The second kappa shape index (κ2) is 9.27. The summed E-state index contributed by atoms with van der Waals surface area (Å²) in [7, 11) is 0. The van der Waals surface area contributed by atoms with Crippen molar-refractivity contribution in [2.24, 2.45) is 0 Å². The number of carbonyl (C=O) groups is 2. The molecule has 0 aromatic heterocycles. The fourth-order valence-corrected chi connectivity index (χ4v) is 4.07. The summed E-state index contributed by atoms with van der Waals surface area (Å²) in [5.74, 6) is 0.260. The molecule has 0 radical (unpaired) electrons. The Bertz CT molecular complexity index is 1040. The highest BCUT2D eigenvalue weighted by Gasteiger charge is 2.28. The van der Waals surface area contributed by atoms with Gasteiger partial charge in [-0.25, -0.2) is 0 Å². The van der Waals surface area contributed by atoms with Gasteiger partial charge in [0.15, 0.2) is 0 Å². The number of amides is 2. The summed E-state index contributed by atoms with van der Waals surface area (Å²) in [5.41, 5.74) is 6.46. The molecule has 0 bridgehead atoms. The van der Waals surface area contributed by atoms with E-state index in [-0.39, 0.29) is 23.3 Å². The van der Waals surface area contributed by atoms with Crippen LogP contribution in [0.15, 0.2) is 77.9 Å². The number of carbonyl (C=O) groups excluding carboxylic acids is 2. The van der Waals surface area contributed by atoms with Gasteiger partial charge in [-0.05, 0) is 83.4 Å². The number of rotatable bonds is 8. The second-order valence-electron chi connectivity index (χ2n) is 8.34. The van der Waals surface area contributed by atoms with Crippen molar-refractivity contribution in [2.45, 2.75) is 38.5 Å². The summed E-state index contributed by atoms with van der Waals surface area (Å²) in [5, 5.41) is 19.5. The van der Waals surface area contributed by atoms with E-state index in [1.807, 2.05) is 24.3 Å². The molecule has 5 heteroatoms. The van der Waals surface area contributed by atoms with Crippen molar-refractivity contribution in [3.05, 3.63) is 89.0 Å². The maximum atomic E-state index is 11.9. The van der Waals surface area contributed by atoms with Crippen molar-refractivity contribution in [3.8, 4) is 11.5 Å². The Morgan fingerprint density at radius 2 is 1.38 bits per heavy atom. The number of allylic oxidation sites excluding steroid dienone is 4. The summed E-state index contributed by atoms with van der Waals surface area (Å²) >= 11 is 0. The molecule has 1 aliphatic heterocycles. The molecular formula is C27H27NO4. The van der Waals surface area contributed by atoms with Crippen LogP contribution >= 0.6 is 0 Å². The van der Waals surface area contributed by atoms with Crippen LogP contribution in [0.2, 0.25) is 0 Å². The maximum Gasteiger partial charge on any atom is 0.229 e. The van der Waals surface area contributed by atoms with Gasteiger partial charge in [-0.15, -0.1) is 0 Å². The Labute approximate surface area is 188 Å². The van der Waals surface area contributed by atoms with Crippen LogP contribution in [0, 0.1) is 0 Å². The number of phenols is 2. The van der Waals surface area contributed by atoms with Crippen LogP contribution in [0.5, 0.6) is 11.5 Å². The number of benzene rings is 2. The van der Waals surface area contributed by atoms with Gasteiger partial charge in [-0.2, -0.15) is 0 Å². The van der Waals surface area contributed by atoms with E-state index in [0.29, 0.717) is 19.4 Å². The first kappa shape index (κ1) is 21.6. The van der Waals surface area contributed by atoms with Gasteiger partial charge in [0.2, 0.25) is 11.8 Å². The van der Waals surface area contributed by atoms with E-state index in [4.69, 9.17) is 0 Å². The molecule has 1 heterocycles. The Kier molecular flexibility index (Phi) is 6.26. The molecule has 2 N–H and O–H groups in total. The molecule has 164 valence electrons. The van der Waals surface area contributed by atoms with E-state index >= 15 is 0 Å². The van der Waals surface area contributed by atoms with Gasteiger partial charge in [0.1, 0.15) is 11.5 Å². The topological polar surface area (TPSA) is 77.8 Å². The molecule has 1 saturated carbocycles. The molecule has 4 rings (SSSR count). The highest BCUT2D eigenvalue weighted by molar-refractivity contribution is 6.01. The van der Waals surface area contributed by atoms with E-state index in [2.05, 4.69) is 12.7 Å². The largest absolute Gasteiger partial charge is 0.508 e. The predicted molar refractivity (Wildman–Crippen MR) is 124 cm³/mol. The van der Waals surface area contributed by atoms with Crippen LogP contribution in [-0.4, -0.2) is 33.5 Å². The summed E-state index contributed by atoms with van der Waals surface area (Å²) < 4.78 is 0. The summed E-state index contributed by atoms with van der Waals surface area (Å²) in [6.07, 6.45) is 6.06. The number of phenolic OH excluding ortho intramolecular Hbond substituents is 2. The van der Waals surface area contributed by atoms with Gasteiger partial charge in [-0.1, -0.05) is 36.9 Å². The van der Waals surface area contributed by atoms with Gasteiger partial charge in [0.05, 0.1) is 0 Å². The Morgan fingerprint density at radius 3 is 1.84 bits per heavy atom. The van der Waals surface area contributed by atoms with Gasteiger partial charge < -0.3 is 10.2 Å². The van der Waals surface area contributed by atoms with Crippen LogP contribution in [0.1, 0.15) is 49.7 Å². The van der Waals surface area contributed by atoms with E-state index in [1.54, 1.807) is 24.3 Å². The smallest absolute Gasteiger partial charge is 0.229 e. The third-order valence-corrected chi connectivity index (χ3v) is 5.95. The van der Waals surface area contributed by atoms with Crippen molar-refractivity contribution in [1.29, 1.82) is 0 Å². The monoisotopic (exact) mass is 429 g/mol. The van der Waals surface area contributed by atoms with Crippen LogP contribution < -0.4 is 0 Å². The first-order valence-electron chi connectivity index (χ1n) is 11.0. The lowest BCUT2D eigenvalue weighted by molar-refractivity contribution is -0.138. The molecule has 2 aromatic rings. The average molecular weight is 430 g/mol. The van der Waals surface area contributed by atoms with E-state index in [1.165, 1.54) is 10.5 Å². The van der Waals surface area contributed by atoms with Gasteiger partial charge in [0.25, 0.3) is 0 Å². The molecule has 2 aliphatic rings. The molecule has 0 atom stereocenters. The van der Waals surface area contributed by atoms with Gasteiger partial charge >= 0.3 is 0 Å². The summed E-state index contributed by atoms with van der Waals surface area (Å²) in [6.45, 7) is 4.52. The average Bonchev–Trinajstić information content (AvgIpc) is 3.38. The second-order valence-corrected chi connectivity index (χ2v) is 8.34. The third kappa shape index (κ3) is 4.99. The van der Waals surface area contributed by atoms with E-state index < -0.39 is 0 Å². The van der Waals surface area contributed by atoms with Crippen molar-refractivity contribution >= 4 is 17.4 Å². The van der Waals surface area contributed by atoms with Crippen molar-refractivity contribution in [2.75, 3.05) is 6.54 Å². The van der Waals surface area contributed by atoms with Crippen molar-refractivity contribution < 1.29 is 19.8 Å². The molecule has 2 amide bonds. The molecule has 2 aromatic carbocycles. The lowest BCUT2D eigenvalue weighted by atomic mass is 9.90. The predicted octanol–water partition coefficient (Wildman–Crippen LogP) is 5.11. The molecular weight excluding hydrogens is 402 g/mol. The Balaban J connectivity index is 1.64. The van der Waals surface area contributed by atoms with E-state index in [9.17, 15) is 19.8 Å². The lowest BCUT2D eigenvalue weighted by Gasteiger charge is -2.16. The zero-order valence-corrected chi connectivity index (χ0v) is 18.0. The molecule has 32 heavy (non-hydrogen) atoms. The van der Waals surface area contributed by atoms with Gasteiger partial charge in [0, 0.05) is 19.4 Å². The SMILES string of the molecule is C=C1C/C1=C/C(CCCCN1C(=O)CCC1=O)=C(c1ccc(O)cc1)c1ccc(O)cc1. The fourth-order valence-electron chi connectivity index (χ4n) is 4.07. The quantitative estimate of drug-likeness (QED) is 0.452. The number of nitrogens with zero attached hydrogens (tertiary/aromatic N) is 1. The number of likely N-dealkylation sites (tertiary alicyclic amines) is 1. The number of aromatic hydroxyl groups is 2. The maximum absolute atomic E-state index is 11.9. The van der Waals surface area contributed by atoms with Crippen LogP contribution in [0.25, 0.3) is 5.57 Å². The molecule has 2 fully saturated rings. The van der Waals surface area contributed by atoms with Crippen LogP contribution in [-0.2, 0) is 9.59 Å². The Hall–Kier alpha value is -3.60. The standard InChI is InChI=1S/C27H27NO4/c1-18-16-22(18)17-21(4-2-3-15-28-25(31)13-14-26(28)32)27(19-5-9-23(29)10-6-19)20-7-11-24(30)12-8-20/h5-12,17,29-30H,1-4,13-16H2/b22-17-. The number of unbranched alkanes of at least 4 members (excludes halogenated alkanes) is 1. The number of hydrogen-bond donors (Lipinski definition) is 2. The zero-order valence-electron chi connectivity index (χ0n) is 18.0. The highest BCUT2D eigenvalue weighted by Crippen LogP contribution is 2.39. The molecule has 5 nitrogen and oxygen atoms in total. The minimum absolute atomic E-state index is 0.0731. The number of hydrogen-bond acceptors (Lipinski definition) is 4. The van der Waals surface area contributed by atoms with Crippen LogP contribution in [0.4, 0.5) is 0 Å². The van der Waals surface area contributed by atoms with E-state index in [0.717, 1.165) is 53.5 Å².